The minimum atomic E-state index is -0.207. The topological polar surface area (TPSA) is 102 Å². The molecule has 0 saturated carbocycles. The first-order valence-electron chi connectivity index (χ1n) is 7.36. The number of phenols is 1. The fourth-order valence-corrected chi connectivity index (χ4v) is 2.26. The number of nitrogens with one attached hydrogen (secondary N) is 3. The molecule has 1 aromatic heterocycles. The normalized spacial score (nSPS) is 14.3. The van der Waals surface area contributed by atoms with E-state index in [1.54, 1.807) is 41.4 Å². The molecule has 4 N–H and O–H groups in total. The average molecular weight is 314 g/mol. The van der Waals surface area contributed by atoms with Crippen molar-refractivity contribution in [3.8, 4) is 5.75 Å². The van der Waals surface area contributed by atoms with Crippen LogP contribution in [0.3, 0.4) is 0 Å². The zero-order chi connectivity index (χ0) is 16.1. The molecule has 0 aliphatic carbocycles. The van der Waals surface area contributed by atoms with Gasteiger partial charge in [0.15, 0.2) is 0 Å². The van der Waals surface area contributed by atoms with Gasteiger partial charge in [-0.1, -0.05) is 6.07 Å². The number of carbonyl (C=O) groups excluding carboxylic acids is 1. The molecule has 1 fully saturated rings. The molecular weight excluding hydrogens is 296 g/mol. The number of hydrogen-bond acceptors (Lipinski definition) is 6. The highest BCUT2D eigenvalue weighted by Crippen LogP contribution is 2.19. The van der Waals surface area contributed by atoms with Gasteiger partial charge in [-0.15, -0.1) is 0 Å². The second kappa shape index (κ2) is 6.93. The van der Waals surface area contributed by atoms with Crippen molar-refractivity contribution >= 4 is 23.5 Å². The van der Waals surface area contributed by atoms with Crippen LogP contribution in [0.1, 0.15) is 0 Å². The van der Waals surface area contributed by atoms with Crippen molar-refractivity contribution in [2.45, 2.75) is 0 Å². The number of anilines is 3. The molecule has 1 saturated heterocycles. The molecule has 0 atom stereocenters. The lowest BCUT2D eigenvalue weighted by atomic mass is 10.3. The molecular formula is C15H18N6O2. The van der Waals surface area contributed by atoms with Crippen LogP contribution in [0.15, 0.2) is 36.5 Å². The third-order valence-electron chi connectivity index (χ3n) is 3.40. The van der Waals surface area contributed by atoms with Gasteiger partial charge in [0.1, 0.15) is 11.6 Å². The number of phenolic OH excluding ortho intramolecular Hbond substituents is 1. The lowest BCUT2D eigenvalue weighted by molar-refractivity contribution is 0.203. The summed E-state index contributed by atoms with van der Waals surface area (Å²) in [6, 6.07) is 8.18. The van der Waals surface area contributed by atoms with E-state index in [1.807, 2.05) is 0 Å². The maximum atomic E-state index is 12.1. The molecule has 23 heavy (non-hydrogen) atoms. The Balaban J connectivity index is 1.66. The molecule has 0 radical (unpaired) electrons. The Bertz CT molecular complexity index is 687. The summed E-state index contributed by atoms with van der Waals surface area (Å²) in [7, 11) is 0. The molecule has 8 nitrogen and oxygen atoms in total. The molecule has 0 spiro atoms. The molecule has 0 bridgehead atoms. The Morgan fingerprint density at radius 3 is 2.87 bits per heavy atom. The zero-order valence-electron chi connectivity index (χ0n) is 12.5. The van der Waals surface area contributed by atoms with Crippen LogP contribution in [0.4, 0.5) is 22.2 Å². The van der Waals surface area contributed by atoms with Crippen LogP contribution in [0.25, 0.3) is 0 Å². The van der Waals surface area contributed by atoms with Gasteiger partial charge in [0.25, 0.3) is 0 Å². The third-order valence-corrected chi connectivity index (χ3v) is 3.40. The van der Waals surface area contributed by atoms with E-state index in [-0.39, 0.29) is 17.7 Å². The second-order valence-corrected chi connectivity index (χ2v) is 5.11. The summed E-state index contributed by atoms with van der Waals surface area (Å²) < 4.78 is 0. The van der Waals surface area contributed by atoms with E-state index in [0.717, 1.165) is 13.1 Å². The number of rotatable bonds is 3. The van der Waals surface area contributed by atoms with E-state index in [4.69, 9.17) is 0 Å². The van der Waals surface area contributed by atoms with Crippen LogP contribution in [0.5, 0.6) is 5.75 Å². The van der Waals surface area contributed by atoms with Gasteiger partial charge in [-0.2, -0.15) is 4.98 Å². The molecule has 1 aliphatic heterocycles. The molecule has 3 rings (SSSR count). The Hall–Kier alpha value is -2.87. The highest BCUT2D eigenvalue weighted by molar-refractivity contribution is 5.87. The van der Waals surface area contributed by atoms with Crippen molar-refractivity contribution in [2.24, 2.45) is 0 Å². The van der Waals surface area contributed by atoms with Crippen LogP contribution in [-0.4, -0.2) is 52.2 Å². The summed E-state index contributed by atoms with van der Waals surface area (Å²) in [5.74, 6) is 0.927. The SMILES string of the molecule is O=C(Nc1nccc(Nc2cccc(O)c2)n1)N1CCNCC1. The lowest BCUT2D eigenvalue weighted by Gasteiger charge is -2.27. The Kier molecular flexibility index (Phi) is 4.53. The van der Waals surface area contributed by atoms with Crippen LogP contribution in [0.2, 0.25) is 0 Å². The summed E-state index contributed by atoms with van der Waals surface area (Å²) >= 11 is 0. The van der Waals surface area contributed by atoms with Crippen LogP contribution < -0.4 is 16.0 Å². The van der Waals surface area contributed by atoms with Crippen LogP contribution >= 0.6 is 0 Å². The Morgan fingerprint density at radius 1 is 1.26 bits per heavy atom. The summed E-state index contributed by atoms with van der Waals surface area (Å²) in [5, 5.41) is 18.4. The summed E-state index contributed by atoms with van der Waals surface area (Å²) in [6.45, 7) is 2.89. The standard InChI is InChI=1S/C15H18N6O2/c22-12-3-1-2-11(10-12)18-13-4-5-17-14(19-13)20-15(23)21-8-6-16-7-9-21/h1-5,10,16,22H,6-9H2,(H2,17,18,19,20,23). The van der Waals surface area contributed by atoms with Gasteiger partial charge in [-0.3, -0.25) is 5.32 Å². The smallest absolute Gasteiger partial charge is 0.324 e. The van der Waals surface area contributed by atoms with Crippen LogP contribution in [-0.2, 0) is 0 Å². The number of aromatic nitrogens is 2. The van der Waals surface area contributed by atoms with Crippen molar-refractivity contribution in [2.75, 3.05) is 36.8 Å². The Morgan fingerprint density at radius 2 is 2.09 bits per heavy atom. The van der Waals surface area contributed by atoms with Gasteiger partial charge >= 0.3 is 6.03 Å². The first kappa shape index (κ1) is 15.0. The second-order valence-electron chi connectivity index (χ2n) is 5.11. The predicted octanol–water partition coefficient (Wildman–Crippen LogP) is 1.36. The number of hydrogen-bond donors (Lipinski definition) is 4. The van der Waals surface area contributed by atoms with Crippen molar-refractivity contribution in [3.05, 3.63) is 36.5 Å². The number of aromatic hydroxyl groups is 1. The van der Waals surface area contributed by atoms with Crippen molar-refractivity contribution in [1.29, 1.82) is 0 Å². The van der Waals surface area contributed by atoms with Gasteiger partial charge in [-0.25, -0.2) is 9.78 Å². The fourth-order valence-electron chi connectivity index (χ4n) is 2.26. The van der Waals surface area contributed by atoms with Crippen molar-refractivity contribution in [3.63, 3.8) is 0 Å². The first-order chi connectivity index (χ1) is 11.2. The van der Waals surface area contributed by atoms with Crippen molar-refractivity contribution in [1.82, 2.24) is 20.2 Å². The quantitative estimate of drug-likeness (QED) is 0.682. The zero-order valence-corrected chi connectivity index (χ0v) is 12.5. The maximum absolute atomic E-state index is 12.1. The third kappa shape index (κ3) is 4.07. The summed E-state index contributed by atoms with van der Waals surface area (Å²) in [5.41, 5.74) is 0.697. The predicted molar refractivity (Wildman–Crippen MR) is 86.9 cm³/mol. The van der Waals surface area contributed by atoms with E-state index < -0.39 is 0 Å². The van der Waals surface area contributed by atoms with E-state index in [1.165, 1.54) is 0 Å². The Labute approximate surface area is 133 Å². The lowest BCUT2D eigenvalue weighted by Crippen LogP contribution is -2.48. The van der Waals surface area contributed by atoms with E-state index in [2.05, 4.69) is 25.9 Å². The van der Waals surface area contributed by atoms with Gasteiger partial charge in [0.2, 0.25) is 5.95 Å². The molecule has 2 heterocycles. The van der Waals surface area contributed by atoms with Gasteiger partial charge in [0, 0.05) is 44.1 Å². The van der Waals surface area contributed by atoms with E-state index in [0.29, 0.717) is 24.6 Å². The highest BCUT2D eigenvalue weighted by atomic mass is 16.3. The number of amides is 2. The van der Waals surface area contributed by atoms with Crippen LogP contribution in [0, 0.1) is 0 Å². The minimum Gasteiger partial charge on any atom is -0.508 e. The van der Waals surface area contributed by atoms with E-state index >= 15 is 0 Å². The molecule has 8 heteroatoms. The number of piperazine rings is 1. The highest BCUT2D eigenvalue weighted by Gasteiger charge is 2.16. The summed E-state index contributed by atoms with van der Waals surface area (Å²) in [6.07, 6.45) is 1.56. The molecule has 2 aromatic rings. The van der Waals surface area contributed by atoms with Gasteiger partial charge < -0.3 is 20.6 Å². The largest absolute Gasteiger partial charge is 0.508 e. The monoisotopic (exact) mass is 314 g/mol. The van der Waals surface area contributed by atoms with E-state index in [9.17, 15) is 9.90 Å². The first-order valence-corrected chi connectivity index (χ1v) is 7.36. The maximum Gasteiger partial charge on any atom is 0.324 e. The van der Waals surface area contributed by atoms with Gasteiger partial charge in [0.05, 0.1) is 0 Å². The van der Waals surface area contributed by atoms with Crippen molar-refractivity contribution < 1.29 is 9.90 Å². The minimum absolute atomic E-state index is 0.163. The number of urea groups is 1. The molecule has 0 unspecified atom stereocenters. The number of carbonyl (C=O) groups is 1. The average Bonchev–Trinajstić information content (AvgIpc) is 2.56. The fraction of sp³-hybridized carbons (Fsp3) is 0.267. The molecule has 1 aromatic carbocycles. The summed E-state index contributed by atoms with van der Waals surface area (Å²) in [4.78, 5) is 22.2. The number of benzene rings is 1. The molecule has 1 aliphatic rings. The molecule has 120 valence electrons. The molecule has 2 amide bonds. The number of nitrogens with zero attached hydrogens (tertiary/aromatic N) is 3. The van der Waals surface area contributed by atoms with Gasteiger partial charge in [-0.05, 0) is 18.2 Å².